The molecule has 3 aromatic carbocycles. The lowest BCUT2D eigenvalue weighted by Crippen LogP contribution is -2.26. The summed E-state index contributed by atoms with van der Waals surface area (Å²) < 4.78 is 25.4. The van der Waals surface area contributed by atoms with Crippen LogP contribution in [0.25, 0.3) is 11.1 Å². The summed E-state index contributed by atoms with van der Waals surface area (Å²) in [5, 5.41) is 0. The zero-order chi connectivity index (χ0) is 23.4. The van der Waals surface area contributed by atoms with E-state index in [4.69, 9.17) is 9.47 Å². The zero-order valence-electron chi connectivity index (χ0n) is 19.2. The van der Waals surface area contributed by atoms with Crippen molar-refractivity contribution in [2.45, 2.75) is 46.1 Å². The van der Waals surface area contributed by atoms with Crippen LogP contribution in [0.5, 0.6) is 11.5 Å². The van der Waals surface area contributed by atoms with E-state index in [0.717, 1.165) is 29.5 Å². The van der Waals surface area contributed by atoms with Crippen LogP contribution in [0.3, 0.4) is 0 Å². The maximum absolute atomic E-state index is 14.3. The van der Waals surface area contributed by atoms with Gasteiger partial charge in [0.25, 0.3) is 0 Å². The van der Waals surface area contributed by atoms with E-state index in [-0.39, 0.29) is 23.7 Å². The van der Waals surface area contributed by atoms with Crippen LogP contribution in [-0.4, -0.2) is 12.1 Å². The molecule has 0 radical (unpaired) electrons. The highest BCUT2D eigenvalue weighted by molar-refractivity contribution is 5.76. The molecule has 4 rings (SSSR count). The molecule has 4 heteroatoms. The summed E-state index contributed by atoms with van der Waals surface area (Å²) in [7, 11) is 0. The van der Waals surface area contributed by atoms with Gasteiger partial charge in [0, 0.05) is 5.56 Å². The molecule has 1 unspecified atom stereocenters. The summed E-state index contributed by atoms with van der Waals surface area (Å²) in [6.45, 7) is 5.55. The predicted octanol–water partition coefficient (Wildman–Crippen LogP) is 6.36. The lowest BCUT2D eigenvalue weighted by Gasteiger charge is -2.23. The lowest BCUT2D eigenvalue weighted by atomic mass is 9.83. The van der Waals surface area contributed by atoms with Crippen LogP contribution in [0.1, 0.15) is 43.9 Å². The Bertz CT molecular complexity index is 1220. The van der Waals surface area contributed by atoms with Crippen molar-refractivity contribution in [2.75, 3.05) is 0 Å². The molecule has 1 aliphatic carbocycles. The number of aryl methyl sites for hydroxylation is 1. The highest BCUT2D eigenvalue weighted by Crippen LogP contribution is 2.30. The number of fused-ring (bicyclic) bond motifs is 1. The van der Waals surface area contributed by atoms with Gasteiger partial charge < -0.3 is 9.47 Å². The number of halogens is 1. The molecule has 0 spiro atoms. The van der Waals surface area contributed by atoms with Crippen LogP contribution in [0, 0.1) is 23.6 Å². The van der Waals surface area contributed by atoms with Crippen molar-refractivity contribution in [2.24, 2.45) is 5.92 Å². The van der Waals surface area contributed by atoms with Gasteiger partial charge in [-0.25, -0.2) is 4.39 Å². The molecule has 0 amide bonds. The Hall–Kier alpha value is -3.58. The molecule has 0 bridgehead atoms. The normalized spacial score (nSPS) is 14.8. The molecule has 3 aromatic rings. The first-order valence-electron chi connectivity index (χ1n) is 11.3. The second-order valence-electron chi connectivity index (χ2n) is 8.56. The number of carbonyl (C=O) groups excluding carboxylic acids is 1. The second-order valence-corrected chi connectivity index (χ2v) is 8.56. The van der Waals surface area contributed by atoms with Gasteiger partial charge in [0.1, 0.15) is 5.75 Å². The van der Waals surface area contributed by atoms with E-state index in [1.807, 2.05) is 45.0 Å². The van der Waals surface area contributed by atoms with Gasteiger partial charge in [-0.2, -0.15) is 0 Å². The Morgan fingerprint density at radius 1 is 1.00 bits per heavy atom. The van der Waals surface area contributed by atoms with Gasteiger partial charge in [-0.05, 0) is 98.7 Å². The number of hydrogen-bond acceptors (Lipinski definition) is 3. The first-order chi connectivity index (χ1) is 15.9. The van der Waals surface area contributed by atoms with Crippen LogP contribution in [-0.2, 0) is 17.6 Å². The fraction of sp³-hybridized carbons (Fsp3) is 0.276. The Morgan fingerprint density at radius 2 is 1.76 bits per heavy atom. The Morgan fingerprint density at radius 3 is 2.45 bits per heavy atom. The van der Waals surface area contributed by atoms with Crippen LogP contribution < -0.4 is 9.47 Å². The highest BCUT2D eigenvalue weighted by atomic mass is 19.1. The molecule has 0 aromatic heterocycles. The predicted molar refractivity (Wildman–Crippen MR) is 128 cm³/mol. The van der Waals surface area contributed by atoms with E-state index in [1.54, 1.807) is 18.2 Å². The van der Waals surface area contributed by atoms with E-state index in [9.17, 15) is 9.18 Å². The fourth-order valence-electron chi connectivity index (χ4n) is 4.12. The van der Waals surface area contributed by atoms with Gasteiger partial charge in [-0.3, -0.25) is 4.79 Å². The number of rotatable bonds is 5. The smallest absolute Gasteiger partial charge is 0.314 e. The van der Waals surface area contributed by atoms with Crippen LogP contribution in [0.2, 0.25) is 0 Å². The van der Waals surface area contributed by atoms with Crippen molar-refractivity contribution in [1.82, 2.24) is 0 Å². The molecular formula is C29H27FO3. The maximum Gasteiger partial charge on any atom is 0.314 e. The van der Waals surface area contributed by atoms with Gasteiger partial charge >= 0.3 is 5.97 Å². The summed E-state index contributed by atoms with van der Waals surface area (Å²) in [4.78, 5) is 12.8. The highest BCUT2D eigenvalue weighted by Gasteiger charge is 2.26. The number of ether oxygens (including phenoxy) is 2. The van der Waals surface area contributed by atoms with Gasteiger partial charge in [0.2, 0.25) is 0 Å². The van der Waals surface area contributed by atoms with Crippen molar-refractivity contribution in [3.05, 3.63) is 83.2 Å². The minimum atomic E-state index is -0.400. The van der Waals surface area contributed by atoms with Crippen molar-refractivity contribution in [3.8, 4) is 34.5 Å². The molecule has 33 heavy (non-hydrogen) atoms. The average molecular weight is 443 g/mol. The number of benzene rings is 3. The summed E-state index contributed by atoms with van der Waals surface area (Å²) in [5.74, 6) is 5.96. The van der Waals surface area contributed by atoms with Gasteiger partial charge in [-0.1, -0.05) is 30.2 Å². The molecule has 1 aliphatic rings. The summed E-state index contributed by atoms with van der Waals surface area (Å²) in [5.41, 5.74) is 5.03. The standard InChI is InChI=1S/C29H27FO3/c1-4-5-20-6-7-23-17-25(9-8-22(23)16-20)29(31)33-26-13-10-21(11-14-26)24-12-15-28(27(30)18-24)32-19(2)3/h6-7,10-16,18-19,25H,8-9,17H2,1-3H3. The lowest BCUT2D eigenvalue weighted by molar-refractivity contribution is -0.139. The second kappa shape index (κ2) is 9.92. The molecule has 168 valence electrons. The molecule has 0 fully saturated rings. The zero-order valence-corrected chi connectivity index (χ0v) is 19.2. The Labute approximate surface area is 194 Å². The van der Waals surface area contributed by atoms with Crippen LogP contribution in [0.4, 0.5) is 4.39 Å². The van der Waals surface area contributed by atoms with Gasteiger partial charge in [-0.15, -0.1) is 5.92 Å². The molecule has 0 aliphatic heterocycles. The molecule has 0 saturated heterocycles. The minimum absolute atomic E-state index is 0.0928. The summed E-state index contributed by atoms with van der Waals surface area (Å²) >= 11 is 0. The maximum atomic E-state index is 14.3. The van der Waals surface area contributed by atoms with Gasteiger partial charge in [0.15, 0.2) is 11.6 Å². The Balaban J connectivity index is 1.40. The Kier molecular flexibility index (Phi) is 6.79. The van der Waals surface area contributed by atoms with E-state index in [1.165, 1.54) is 17.2 Å². The summed E-state index contributed by atoms with van der Waals surface area (Å²) in [6, 6.07) is 18.3. The molecule has 1 atom stereocenters. The SMILES string of the molecule is CC#Cc1ccc2c(c1)CCC(C(=O)Oc1ccc(-c3ccc(OC(C)C)c(F)c3)cc1)C2. The van der Waals surface area contributed by atoms with Crippen molar-refractivity contribution in [1.29, 1.82) is 0 Å². The molecule has 0 heterocycles. The largest absolute Gasteiger partial charge is 0.488 e. The molecule has 3 nitrogen and oxygen atoms in total. The monoisotopic (exact) mass is 442 g/mol. The molecular weight excluding hydrogens is 415 g/mol. The summed E-state index contributed by atoms with van der Waals surface area (Å²) in [6.07, 6.45) is 2.19. The number of carbonyl (C=O) groups is 1. The van der Waals surface area contributed by atoms with Crippen molar-refractivity contribution >= 4 is 5.97 Å². The molecule has 0 saturated carbocycles. The van der Waals surface area contributed by atoms with Crippen LogP contribution in [0.15, 0.2) is 60.7 Å². The quantitative estimate of drug-likeness (QED) is 0.262. The van der Waals surface area contributed by atoms with Crippen molar-refractivity contribution < 1.29 is 18.7 Å². The third-order valence-corrected chi connectivity index (χ3v) is 5.74. The van der Waals surface area contributed by atoms with E-state index >= 15 is 0 Å². The first-order valence-corrected chi connectivity index (χ1v) is 11.3. The van der Waals surface area contributed by atoms with E-state index in [0.29, 0.717) is 12.2 Å². The number of hydrogen-bond donors (Lipinski definition) is 0. The molecule has 0 N–H and O–H groups in total. The van der Waals surface area contributed by atoms with E-state index < -0.39 is 5.82 Å². The first kappa shape index (κ1) is 22.6. The van der Waals surface area contributed by atoms with Crippen LogP contribution >= 0.6 is 0 Å². The fourth-order valence-corrected chi connectivity index (χ4v) is 4.12. The number of esters is 1. The average Bonchev–Trinajstić information content (AvgIpc) is 2.80. The third-order valence-electron chi connectivity index (χ3n) is 5.74. The van der Waals surface area contributed by atoms with Gasteiger partial charge in [0.05, 0.1) is 12.0 Å². The minimum Gasteiger partial charge on any atom is -0.488 e. The van der Waals surface area contributed by atoms with Crippen molar-refractivity contribution in [3.63, 3.8) is 0 Å². The third kappa shape index (κ3) is 5.43. The topological polar surface area (TPSA) is 35.5 Å². The van der Waals surface area contributed by atoms with E-state index in [2.05, 4.69) is 24.0 Å².